The van der Waals surface area contributed by atoms with E-state index in [1.807, 2.05) is 6.07 Å². The van der Waals surface area contributed by atoms with Crippen LogP contribution < -0.4 is 0 Å². The van der Waals surface area contributed by atoms with Crippen LogP contribution in [0.15, 0.2) is 23.8 Å². The second-order valence-corrected chi connectivity index (χ2v) is 5.05. The molecule has 1 heterocycles. The van der Waals surface area contributed by atoms with Crippen molar-refractivity contribution < 1.29 is 5.11 Å². The van der Waals surface area contributed by atoms with E-state index in [0.29, 0.717) is 5.75 Å². The number of piperidine rings is 1. The highest BCUT2D eigenvalue weighted by Crippen LogP contribution is 2.31. The average molecular weight is 231 g/mol. The van der Waals surface area contributed by atoms with Crippen LogP contribution in [0.3, 0.4) is 0 Å². The largest absolute Gasteiger partial charge is 0.507 e. The molecular formula is C15H21NO. The molecule has 2 rings (SSSR count). The number of hydrogen-bond acceptors (Lipinski definition) is 2. The SMILES string of the molecule is CC(=C1CCN(C)CC1)c1cc(C)ccc1O. The number of benzene rings is 1. The normalized spacial score (nSPS) is 17.2. The van der Waals surface area contributed by atoms with Gasteiger partial charge in [-0.2, -0.15) is 0 Å². The number of phenolic OH excluding ortho intramolecular Hbond substituents is 1. The Labute approximate surface area is 104 Å². The number of phenols is 1. The lowest BCUT2D eigenvalue weighted by molar-refractivity contribution is 0.313. The predicted molar refractivity (Wildman–Crippen MR) is 72.2 cm³/mol. The Hall–Kier alpha value is -1.28. The maximum absolute atomic E-state index is 9.94. The minimum absolute atomic E-state index is 0.402. The number of aromatic hydroxyl groups is 1. The van der Waals surface area contributed by atoms with Crippen molar-refractivity contribution in [3.8, 4) is 5.75 Å². The van der Waals surface area contributed by atoms with Crippen LogP contribution in [0.2, 0.25) is 0 Å². The van der Waals surface area contributed by atoms with Crippen LogP contribution in [0.25, 0.3) is 5.57 Å². The summed E-state index contributed by atoms with van der Waals surface area (Å²) in [6.45, 7) is 6.45. The van der Waals surface area contributed by atoms with Crippen LogP contribution >= 0.6 is 0 Å². The van der Waals surface area contributed by atoms with Gasteiger partial charge in [0.2, 0.25) is 0 Å². The van der Waals surface area contributed by atoms with Crippen molar-refractivity contribution in [2.24, 2.45) is 0 Å². The van der Waals surface area contributed by atoms with E-state index >= 15 is 0 Å². The number of hydrogen-bond donors (Lipinski definition) is 1. The van der Waals surface area contributed by atoms with Crippen molar-refractivity contribution in [2.45, 2.75) is 26.7 Å². The third-order valence-corrected chi connectivity index (χ3v) is 3.68. The minimum Gasteiger partial charge on any atom is -0.507 e. The highest BCUT2D eigenvalue weighted by atomic mass is 16.3. The highest BCUT2D eigenvalue weighted by molar-refractivity contribution is 5.72. The van der Waals surface area contributed by atoms with Gasteiger partial charge in [0.1, 0.15) is 5.75 Å². The van der Waals surface area contributed by atoms with Crippen molar-refractivity contribution in [1.29, 1.82) is 0 Å². The van der Waals surface area contributed by atoms with Gasteiger partial charge in [0.25, 0.3) is 0 Å². The molecule has 0 aromatic heterocycles. The standard InChI is InChI=1S/C15H21NO/c1-11-4-5-15(17)14(10-11)12(2)13-6-8-16(3)9-7-13/h4-5,10,17H,6-9H2,1-3H3. The van der Waals surface area contributed by atoms with Gasteiger partial charge in [-0.3, -0.25) is 0 Å². The Bertz CT molecular complexity index is 438. The first-order valence-corrected chi connectivity index (χ1v) is 6.25. The van der Waals surface area contributed by atoms with E-state index in [0.717, 1.165) is 31.5 Å². The minimum atomic E-state index is 0.402. The Morgan fingerprint density at radius 3 is 2.53 bits per heavy atom. The fourth-order valence-electron chi connectivity index (χ4n) is 2.40. The van der Waals surface area contributed by atoms with Crippen LogP contribution in [-0.4, -0.2) is 30.1 Å². The monoisotopic (exact) mass is 231 g/mol. The summed E-state index contributed by atoms with van der Waals surface area (Å²) in [6.07, 6.45) is 2.24. The van der Waals surface area contributed by atoms with E-state index < -0.39 is 0 Å². The molecule has 0 unspecified atom stereocenters. The number of rotatable bonds is 1. The summed E-state index contributed by atoms with van der Waals surface area (Å²) >= 11 is 0. The zero-order chi connectivity index (χ0) is 12.4. The fraction of sp³-hybridized carbons (Fsp3) is 0.467. The topological polar surface area (TPSA) is 23.5 Å². The second kappa shape index (κ2) is 4.92. The Morgan fingerprint density at radius 1 is 1.24 bits per heavy atom. The number of likely N-dealkylation sites (tertiary alicyclic amines) is 1. The maximum atomic E-state index is 9.94. The molecule has 0 bridgehead atoms. The molecule has 1 aromatic carbocycles. The summed E-state index contributed by atoms with van der Waals surface area (Å²) in [5, 5.41) is 9.94. The molecule has 0 spiro atoms. The lowest BCUT2D eigenvalue weighted by Gasteiger charge is -2.26. The van der Waals surface area contributed by atoms with Crippen LogP contribution in [0, 0.1) is 6.92 Å². The first-order valence-electron chi connectivity index (χ1n) is 6.25. The summed E-state index contributed by atoms with van der Waals surface area (Å²) in [6, 6.07) is 5.82. The molecule has 17 heavy (non-hydrogen) atoms. The molecule has 1 saturated heterocycles. The molecule has 0 radical (unpaired) electrons. The third kappa shape index (κ3) is 2.70. The van der Waals surface area contributed by atoms with Crippen LogP contribution in [0.5, 0.6) is 5.75 Å². The lowest BCUT2D eigenvalue weighted by atomic mass is 9.93. The van der Waals surface area contributed by atoms with Crippen LogP contribution in [0.4, 0.5) is 0 Å². The Kier molecular flexibility index (Phi) is 3.53. The highest BCUT2D eigenvalue weighted by Gasteiger charge is 2.14. The van der Waals surface area contributed by atoms with E-state index in [4.69, 9.17) is 0 Å². The molecular weight excluding hydrogens is 210 g/mol. The zero-order valence-corrected chi connectivity index (χ0v) is 11.0. The van der Waals surface area contributed by atoms with Crippen molar-refractivity contribution >= 4 is 5.57 Å². The van der Waals surface area contributed by atoms with Gasteiger partial charge in [0.05, 0.1) is 0 Å². The van der Waals surface area contributed by atoms with E-state index in [2.05, 4.69) is 31.9 Å². The van der Waals surface area contributed by atoms with E-state index in [9.17, 15) is 5.11 Å². The quantitative estimate of drug-likeness (QED) is 0.802. The van der Waals surface area contributed by atoms with E-state index in [1.165, 1.54) is 16.7 Å². The molecule has 1 aliphatic rings. The summed E-state index contributed by atoms with van der Waals surface area (Å²) in [4.78, 5) is 2.35. The lowest BCUT2D eigenvalue weighted by Crippen LogP contribution is -2.26. The molecule has 2 heteroatoms. The van der Waals surface area contributed by atoms with Gasteiger partial charge >= 0.3 is 0 Å². The van der Waals surface area contributed by atoms with Crippen molar-refractivity contribution in [1.82, 2.24) is 4.90 Å². The summed E-state index contributed by atoms with van der Waals surface area (Å²) in [7, 11) is 2.16. The number of aryl methyl sites for hydroxylation is 1. The van der Waals surface area contributed by atoms with Gasteiger partial charge in [-0.25, -0.2) is 0 Å². The van der Waals surface area contributed by atoms with E-state index in [-0.39, 0.29) is 0 Å². The molecule has 0 saturated carbocycles. The summed E-state index contributed by atoms with van der Waals surface area (Å²) in [5.41, 5.74) is 4.96. The van der Waals surface area contributed by atoms with Gasteiger partial charge < -0.3 is 10.0 Å². The molecule has 92 valence electrons. The van der Waals surface area contributed by atoms with Crippen LogP contribution in [-0.2, 0) is 0 Å². The van der Waals surface area contributed by atoms with Crippen molar-refractivity contribution in [2.75, 3.05) is 20.1 Å². The Morgan fingerprint density at radius 2 is 1.88 bits per heavy atom. The maximum Gasteiger partial charge on any atom is 0.123 e. The molecule has 1 fully saturated rings. The summed E-state index contributed by atoms with van der Waals surface area (Å²) in [5.74, 6) is 0.402. The fourth-order valence-corrected chi connectivity index (χ4v) is 2.40. The van der Waals surface area contributed by atoms with Gasteiger partial charge in [0.15, 0.2) is 0 Å². The van der Waals surface area contributed by atoms with Gasteiger partial charge in [0, 0.05) is 18.7 Å². The molecule has 0 amide bonds. The van der Waals surface area contributed by atoms with Crippen molar-refractivity contribution in [3.63, 3.8) is 0 Å². The Balaban J connectivity index is 2.32. The average Bonchev–Trinajstić information content (AvgIpc) is 2.32. The summed E-state index contributed by atoms with van der Waals surface area (Å²) < 4.78 is 0. The zero-order valence-electron chi connectivity index (χ0n) is 11.0. The molecule has 2 nitrogen and oxygen atoms in total. The first-order chi connectivity index (χ1) is 8.08. The number of nitrogens with zero attached hydrogens (tertiary/aromatic N) is 1. The van der Waals surface area contributed by atoms with E-state index in [1.54, 1.807) is 6.07 Å². The molecule has 1 N–H and O–H groups in total. The van der Waals surface area contributed by atoms with Crippen molar-refractivity contribution in [3.05, 3.63) is 34.9 Å². The van der Waals surface area contributed by atoms with Gasteiger partial charge in [-0.15, -0.1) is 0 Å². The molecule has 0 atom stereocenters. The van der Waals surface area contributed by atoms with Gasteiger partial charge in [-0.1, -0.05) is 17.2 Å². The molecule has 1 aliphatic heterocycles. The predicted octanol–water partition coefficient (Wildman–Crippen LogP) is 3.20. The smallest absolute Gasteiger partial charge is 0.123 e. The van der Waals surface area contributed by atoms with Gasteiger partial charge in [-0.05, 0) is 51.4 Å². The number of allylic oxidation sites excluding steroid dienone is 1. The second-order valence-electron chi connectivity index (χ2n) is 5.05. The first kappa shape index (κ1) is 12.2. The molecule has 1 aromatic rings. The third-order valence-electron chi connectivity index (χ3n) is 3.68. The molecule has 0 aliphatic carbocycles. The van der Waals surface area contributed by atoms with Crippen LogP contribution in [0.1, 0.15) is 30.9 Å².